The van der Waals surface area contributed by atoms with Gasteiger partial charge in [0.15, 0.2) is 11.6 Å². The zero-order chi connectivity index (χ0) is 14.5. The molecule has 104 valence electrons. The summed E-state index contributed by atoms with van der Waals surface area (Å²) in [5.41, 5.74) is 1.47. The van der Waals surface area contributed by atoms with Crippen LogP contribution in [0, 0.1) is 0 Å². The number of aliphatic carboxylic acids is 1. The number of Topliss-reactive ketones (excluding diaryl/α,β-unsaturated/α-hetero) is 1. The maximum atomic E-state index is 12.2. The van der Waals surface area contributed by atoms with Crippen LogP contribution in [-0.2, 0) is 4.79 Å². The first-order valence-corrected chi connectivity index (χ1v) is 6.70. The Kier molecular flexibility index (Phi) is 4.45. The number of hydrogen-bond acceptors (Lipinski definition) is 3. The predicted molar refractivity (Wildman–Crippen MR) is 73.9 cm³/mol. The number of fused-ring (bicyclic) bond motifs is 1. The number of carboxylic acid groups (broad SMARTS) is 1. The van der Waals surface area contributed by atoms with Crippen molar-refractivity contribution in [1.29, 1.82) is 0 Å². The summed E-state index contributed by atoms with van der Waals surface area (Å²) in [6.45, 7) is 0. The highest BCUT2D eigenvalue weighted by Gasteiger charge is 2.24. The highest BCUT2D eigenvalue weighted by atomic mass is 16.4. The molecule has 0 bridgehead atoms. The van der Waals surface area contributed by atoms with Gasteiger partial charge in [0.2, 0.25) is 0 Å². The number of hydrogen-bond donors (Lipinski definition) is 1. The molecule has 0 radical (unpaired) electrons. The van der Waals surface area contributed by atoms with Crippen molar-refractivity contribution >= 4 is 17.5 Å². The molecular formula is C16H16O4. The third-order valence-corrected chi connectivity index (χ3v) is 3.37. The second-order valence-electron chi connectivity index (χ2n) is 4.86. The largest absolute Gasteiger partial charge is 0.481 e. The van der Waals surface area contributed by atoms with Crippen molar-refractivity contribution in [2.24, 2.45) is 0 Å². The molecule has 0 aromatic heterocycles. The summed E-state index contributed by atoms with van der Waals surface area (Å²) in [6, 6.07) is 6.83. The number of carboxylic acids is 1. The van der Waals surface area contributed by atoms with Gasteiger partial charge < -0.3 is 5.11 Å². The van der Waals surface area contributed by atoms with E-state index in [9.17, 15) is 14.4 Å². The molecule has 0 fully saturated rings. The standard InChI is InChI=1S/C16H16O4/c17-14-10-11(6-2-1-3-9-15(18)19)16(20)13-8-5-4-7-12(13)14/h4-5,7-8,10H,1-3,6,9H2,(H,18,19). The Balaban J connectivity index is 1.95. The summed E-state index contributed by atoms with van der Waals surface area (Å²) in [6.07, 6.45) is 4.16. The lowest BCUT2D eigenvalue weighted by Crippen LogP contribution is -2.16. The minimum atomic E-state index is -0.804. The van der Waals surface area contributed by atoms with E-state index < -0.39 is 5.97 Å². The predicted octanol–water partition coefficient (Wildman–Crippen LogP) is 3.03. The van der Waals surface area contributed by atoms with Crippen LogP contribution in [-0.4, -0.2) is 22.6 Å². The Morgan fingerprint density at radius 1 is 1.00 bits per heavy atom. The Bertz CT molecular complexity index is 584. The van der Waals surface area contributed by atoms with Crippen LogP contribution in [0.3, 0.4) is 0 Å². The van der Waals surface area contributed by atoms with Crippen LogP contribution in [0.2, 0.25) is 0 Å². The Morgan fingerprint density at radius 3 is 2.40 bits per heavy atom. The summed E-state index contributed by atoms with van der Waals surface area (Å²) in [5.74, 6) is -1.01. The summed E-state index contributed by atoms with van der Waals surface area (Å²) in [7, 11) is 0. The third-order valence-electron chi connectivity index (χ3n) is 3.37. The monoisotopic (exact) mass is 272 g/mol. The van der Waals surface area contributed by atoms with E-state index >= 15 is 0 Å². The maximum absolute atomic E-state index is 12.2. The zero-order valence-electron chi connectivity index (χ0n) is 11.1. The third kappa shape index (κ3) is 3.20. The molecule has 0 amide bonds. The molecule has 4 heteroatoms. The summed E-state index contributed by atoms with van der Waals surface area (Å²) < 4.78 is 0. The molecule has 1 aliphatic carbocycles. The van der Waals surface area contributed by atoms with E-state index in [0.29, 0.717) is 29.5 Å². The molecule has 0 spiro atoms. The molecule has 1 aliphatic rings. The molecule has 0 atom stereocenters. The van der Waals surface area contributed by atoms with E-state index in [2.05, 4.69) is 0 Å². The number of ketones is 2. The van der Waals surface area contributed by atoms with Crippen LogP contribution < -0.4 is 0 Å². The van der Waals surface area contributed by atoms with Gasteiger partial charge >= 0.3 is 5.97 Å². The van der Waals surface area contributed by atoms with Crippen LogP contribution in [0.1, 0.15) is 52.8 Å². The molecule has 0 unspecified atom stereocenters. The van der Waals surface area contributed by atoms with Gasteiger partial charge in [0.1, 0.15) is 0 Å². The SMILES string of the molecule is O=C(O)CCCCCC1=CC(=O)c2ccccc2C1=O. The topological polar surface area (TPSA) is 71.4 Å². The maximum Gasteiger partial charge on any atom is 0.303 e. The number of unbranched alkanes of at least 4 members (excludes halogenated alkanes) is 2. The Hall–Kier alpha value is -2.23. The number of rotatable bonds is 6. The smallest absolute Gasteiger partial charge is 0.303 e. The molecule has 1 aromatic rings. The van der Waals surface area contributed by atoms with E-state index in [4.69, 9.17) is 5.11 Å². The van der Waals surface area contributed by atoms with E-state index in [1.54, 1.807) is 24.3 Å². The zero-order valence-corrected chi connectivity index (χ0v) is 11.1. The van der Waals surface area contributed by atoms with Gasteiger partial charge in [-0.2, -0.15) is 0 Å². The van der Waals surface area contributed by atoms with E-state index in [-0.39, 0.29) is 18.0 Å². The number of carbonyl (C=O) groups is 3. The second-order valence-corrected chi connectivity index (χ2v) is 4.86. The number of benzene rings is 1. The first-order valence-electron chi connectivity index (χ1n) is 6.70. The highest BCUT2D eigenvalue weighted by Crippen LogP contribution is 2.24. The molecule has 20 heavy (non-hydrogen) atoms. The van der Waals surface area contributed by atoms with Gasteiger partial charge in [-0.05, 0) is 25.3 Å². The number of allylic oxidation sites excluding steroid dienone is 2. The van der Waals surface area contributed by atoms with Crippen molar-refractivity contribution in [3.63, 3.8) is 0 Å². The fraction of sp³-hybridized carbons (Fsp3) is 0.312. The summed E-state index contributed by atoms with van der Waals surface area (Å²) in [5, 5.41) is 8.54. The summed E-state index contributed by atoms with van der Waals surface area (Å²) in [4.78, 5) is 34.5. The van der Waals surface area contributed by atoms with Crippen molar-refractivity contribution in [3.8, 4) is 0 Å². The average Bonchev–Trinajstić information content (AvgIpc) is 2.43. The van der Waals surface area contributed by atoms with E-state index in [1.165, 1.54) is 6.08 Å². The quantitative estimate of drug-likeness (QED) is 0.808. The lowest BCUT2D eigenvalue weighted by molar-refractivity contribution is -0.137. The van der Waals surface area contributed by atoms with Crippen molar-refractivity contribution < 1.29 is 19.5 Å². The minimum absolute atomic E-state index is 0.0848. The normalized spacial score (nSPS) is 13.9. The van der Waals surface area contributed by atoms with Crippen molar-refractivity contribution in [2.75, 3.05) is 0 Å². The Morgan fingerprint density at radius 2 is 1.70 bits per heavy atom. The van der Waals surface area contributed by atoms with Crippen molar-refractivity contribution in [1.82, 2.24) is 0 Å². The van der Waals surface area contributed by atoms with E-state index in [0.717, 1.165) is 12.8 Å². The fourth-order valence-corrected chi connectivity index (χ4v) is 2.32. The molecule has 0 saturated heterocycles. The van der Waals surface area contributed by atoms with Gasteiger partial charge in [0, 0.05) is 23.1 Å². The Labute approximate surface area is 117 Å². The van der Waals surface area contributed by atoms with Gasteiger partial charge in [0.05, 0.1) is 0 Å². The van der Waals surface area contributed by atoms with Crippen LogP contribution in [0.4, 0.5) is 0 Å². The van der Waals surface area contributed by atoms with Crippen LogP contribution >= 0.6 is 0 Å². The van der Waals surface area contributed by atoms with Crippen molar-refractivity contribution in [3.05, 3.63) is 47.0 Å². The van der Waals surface area contributed by atoms with Gasteiger partial charge in [-0.25, -0.2) is 0 Å². The van der Waals surface area contributed by atoms with Crippen LogP contribution in [0.5, 0.6) is 0 Å². The van der Waals surface area contributed by atoms with Crippen molar-refractivity contribution in [2.45, 2.75) is 32.1 Å². The van der Waals surface area contributed by atoms with Gasteiger partial charge in [-0.15, -0.1) is 0 Å². The first kappa shape index (κ1) is 14.2. The molecule has 1 N–H and O–H groups in total. The van der Waals surface area contributed by atoms with Gasteiger partial charge in [-0.1, -0.05) is 30.7 Å². The summed E-state index contributed by atoms with van der Waals surface area (Å²) >= 11 is 0. The van der Waals surface area contributed by atoms with Gasteiger partial charge in [0.25, 0.3) is 0 Å². The van der Waals surface area contributed by atoms with E-state index in [1.807, 2.05) is 0 Å². The molecule has 0 saturated carbocycles. The van der Waals surface area contributed by atoms with Crippen LogP contribution in [0.25, 0.3) is 0 Å². The first-order chi connectivity index (χ1) is 9.59. The van der Waals surface area contributed by atoms with Crippen LogP contribution in [0.15, 0.2) is 35.9 Å². The lowest BCUT2D eigenvalue weighted by atomic mass is 9.87. The average molecular weight is 272 g/mol. The molecule has 4 nitrogen and oxygen atoms in total. The molecular weight excluding hydrogens is 256 g/mol. The molecule has 2 rings (SSSR count). The fourth-order valence-electron chi connectivity index (χ4n) is 2.32. The highest BCUT2D eigenvalue weighted by molar-refractivity contribution is 6.24. The molecule has 0 heterocycles. The minimum Gasteiger partial charge on any atom is -0.481 e. The van der Waals surface area contributed by atoms with Gasteiger partial charge in [-0.3, -0.25) is 14.4 Å². The number of carbonyl (C=O) groups excluding carboxylic acids is 2. The lowest BCUT2D eigenvalue weighted by Gasteiger charge is -2.14. The molecule has 1 aromatic carbocycles. The molecule has 0 aliphatic heterocycles. The second kappa shape index (κ2) is 6.28.